The van der Waals surface area contributed by atoms with Gasteiger partial charge in [0, 0.05) is 35.3 Å². The fourth-order valence-electron chi connectivity index (χ4n) is 3.42. The minimum Gasteiger partial charge on any atom is -0.472 e. The molecule has 0 spiro atoms. The van der Waals surface area contributed by atoms with Crippen LogP contribution in [0.4, 0.5) is 0 Å². The number of pyridine rings is 3. The second kappa shape index (κ2) is 6.10. The Labute approximate surface area is 163 Å². The van der Waals surface area contributed by atoms with Crippen molar-refractivity contribution in [2.24, 2.45) is 0 Å². The number of aromatic amines is 2. The summed E-state index contributed by atoms with van der Waals surface area (Å²) >= 11 is 0. The number of hydrogen-bond donors (Lipinski definition) is 2. The van der Waals surface area contributed by atoms with Crippen LogP contribution in [0.1, 0.15) is 0 Å². The van der Waals surface area contributed by atoms with Gasteiger partial charge >= 0.3 is 0 Å². The van der Waals surface area contributed by atoms with Crippen molar-refractivity contribution in [2.75, 3.05) is 0 Å². The van der Waals surface area contributed by atoms with Crippen molar-refractivity contribution in [3.05, 3.63) is 67.6 Å². The Morgan fingerprint density at radius 1 is 0.793 bits per heavy atom. The number of imidazole rings is 1. The molecule has 0 fully saturated rings. The molecule has 29 heavy (non-hydrogen) atoms. The highest BCUT2D eigenvalue weighted by Crippen LogP contribution is 2.31. The van der Waals surface area contributed by atoms with E-state index in [1.54, 1.807) is 37.3 Å². The number of furan rings is 1. The van der Waals surface area contributed by atoms with Crippen LogP contribution >= 0.6 is 0 Å². The molecule has 0 unspecified atom stereocenters. The van der Waals surface area contributed by atoms with E-state index in [1.165, 1.54) is 0 Å². The maximum Gasteiger partial charge on any atom is 0.161 e. The second-order valence-corrected chi connectivity index (χ2v) is 6.58. The Morgan fingerprint density at radius 2 is 1.72 bits per heavy atom. The number of aromatic nitrogens is 7. The smallest absolute Gasteiger partial charge is 0.161 e. The lowest BCUT2D eigenvalue weighted by Crippen LogP contribution is -1.87. The van der Waals surface area contributed by atoms with Gasteiger partial charge in [-0.25, -0.2) is 9.97 Å². The molecule has 0 bridgehead atoms. The van der Waals surface area contributed by atoms with E-state index in [-0.39, 0.29) is 0 Å². The van der Waals surface area contributed by atoms with Crippen molar-refractivity contribution in [3.8, 4) is 33.9 Å². The van der Waals surface area contributed by atoms with Crippen LogP contribution in [-0.2, 0) is 0 Å². The van der Waals surface area contributed by atoms with E-state index in [0.29, 0.717) is 11.5 Å². The van der Waals surface area contributed by atoms with E-state index >= 15 is 0 Å². The van der Waals surface area contributed by atoms with Gasteiger partial charge in [0.15, 0.2) is 11.5 Å². The Morgan fingerprint density at radius 3 is 2.59 bits per heavy atom. The van der Waals surface area contributed by atoms with E-state index in [1.807, 2.05) is 30.3 Å². The number of fused-ring (bicyclic) bond motifs is 2. The summed E-state index contributed by atoms with van der Waals surface area (Å²) in [6, 6.07) is 9.67. The van der Waals surface area contributed by atoms with Crippen LogP contribution in [0, 0.1) is 0 Å². The summed E-state index contributed by atoms with van der Waals surface area (Å²) in [6.07, 6.45) is 10.3. The average Bonchev–Trinajstić information content (AvgIpc) is 3.52. The molecule has 8 nitrogen and oxygen atoms in total. The van der Waals surface area contributed by atoms with Gasteiger partial charge in [-0.3, -0.25) is 15.1 Å². The average molecular weight is 379 g/mol. The first kappa shape index (κ1) is 15.7. The van der Waals surface area contributed by atoms with Crippen LogP contribution in [0.3, 0.4) is 0 Å². The number of nitrogens with zero attached hydrogens (tertiary/aromatic N) is 5. The summed E-state index contributed by atoms with van der Waals surface area (Å²) < 4.78 is 5.21. The van der Waals surface area contributed by atoms with Crippen molar-refractivity contribution in [1.82, 2.24) is 35.1 Å². The lowest BCUT2D eigenvalue weighted by molar-refractivity contribution is 0.568. The first-order valence-corrected chi connectivity index (χ1v) is 8.99. The highest BCUT2D eigenvalue weighted by Gasteiger charge is 2.17. The zero-order valence-electron chi connectivity index (χ0n) is 15.0. The van der Waals surface area contributed by atoms with Crippen LogP contribution in [0.2, 0.25) is 0 Å². The molecule has 0 amide bonds. The summed E-state index contributed by atoms with van der Waals surface area (Å²) in [5, 5.41) is 7.49. The molecule has 0 radical (unpaired) electrons. The second-order valence-electron chi connectivity index (χ2n) is 6.58. The topological polar surface area (TPSA) is 109 Å². The van der Waals surface area contributed by atoms with Gasteiger partial charge in [-0.2, -0.15) is 5.10 Å². The molecule has 0 aromatic carbocycles. The molecule has 6 rings (SSSR count). The Balaban J connectivity index is 1.53. The normalized spacial score (nSPS) is 11.4. The highest BCUT2D eigenvalue weighted by atomic mass is 16.3. The van der Waals surface area contributed by atoms with Crippen LogP contribution in [-0.4, -0.2) is 35.1 Å². The fourth-order valence-corrected chi connectivity index (χ4v) is 3.42. The lowest BCUT2D eigenvalue weighted by atomic mass is 10.1. The lowest BCUT2D eigenvalue weighted by Gasteiger charge is -2.00. The molecule has 0 atom stereocenters. The van der Waals surface area contributed by atoms with Gasteiger partial charge in [0.2, 0.25) is 0 Å². The molecule has 0 saturated carbocycles. The minimum absolute atomic E-state index is 0.628. The molecule has 0 aliphatic carbocycles. The largest absolute Gasteiger partial charge is 0.472 e. The van der Waals surface area contributed by atoms with Crippen LogP contribution < -0.4 is 0 Å². The van der Waals surface area contributed by atoms with Crippen molar-refractivity contribution < 1.29 is 4.42 Å². The third kappa shape index (κ3) is 2.50. The van der Waals surface area contributed by atoms with Gasteiger partial charge in [0.25, 0.3) is 0 Å². The molecule has 2 N–H and O–H groups in total. The maximum atomic E-state index is 5.21. The molecule has 0 saturated heterocycles. The van der Waals surface area contributed by atoms with Gasteiger partial charge in [0.05, 0.1) is 35.5 Å². The highest BCUT2D eigenvalue weighted by molar-refractivity contribution is 5.95. The van der Waals surface area contributed by atoms with Crippen molar-refractivity contribution >= 4 is 22.1 Å². The summed E-state index contributed by atoms with van der Waals surface area (Å²) in [5.41, 5.74) is 7.52. The third-order valence-corrected chi connectivity index (χ3v) is 4.83. The molecule has 138 valence electrons. The molecule has 6 aromatic rings. The maximum absolute atomic E-state index is 5.21. The number of hydrogen-bond acceptors (Lipinski definition) is 6. The van der Waals surface area contributed by atoms with Crippen molar-refractivity contribution in [2.45, 2.75) is 0 Å². The first-order chi connectivity index (χ1) is 14.4. The third-order valence-electron chi connectivity index (χ3n) is 4.83. The summed E-state index contributed by atoms with van der Waals surface area (Å²) in [6.45, 7) is 0. The summed E-state index contributed by atoms with van der Waals surface area (Å²) in [7, 11) is 0. The molecule has 0 aliphatic rings. The molecular weight excluding hydrogens is 366 g/mol. The van der Waals surface area contributed by atoms with Gasteiger partial charge in [0.1, 0.15) is 11.0 Å². The van der Waals surface area contributed by atoms with Gasteiger partial charge in [-0.1, -0.05) is 0 Å². The van der Waals surface area contributed by atoms with Gasteiger partial charge in [-0.05, 0) is 30.3 Å². The van der Waals surface area contributed by atoms with Gasteiger partial charge in [-0.15, -0.1) is 0 Å². The van der Waals surface area contributed by atoms with Crippen LogP contribution in [0.15, 0.2) is 72.1 Å². The Kier molecular flexibility index (Phi) is 3.30. The number of H-pyrrole nitrogens is 2. The standard InChI is InChI=1S/C21H13N7O/c1-2-16-19(24-15(1)12-3-6-22-7-4-12)20(28-27-16)21-25-17-10-23-9-14(18(17)26-21)13-5-8-29-11-13/h1-11H,(H,25,26)(H,27,28). The SMILES string of the molecule is c1cc(-c2ccc3[nH]nc(-c4nc5c(-c6ccoc6)cncc5[nH]4)c3n2)ccn1. The van der Waals surface area contributed by atoms with E-state index < -0.39 is 0 Å². The van der Waals surface area contributed by atoms with Gasteiger partial charge < -0.3 is 9.40 Å². The molecule has 8 heteroatoms. The monoisotopic (exact) mass is 379 g/mol. The predicted molar refractivity (Wildman–Crippen MR) is 108 cm³/mol. The van der Waals surface area contributed by atoms with E-state index in [4.69, 9.17) is 14.4 Å². The first-order valence-electron chi connectivity index (χ1n) is 8.99. The zero-order valence-corrected chi connectivity index (χ0v) is 15.0. The fraction of sp³-hybridized carbons (Fsp3) is 0. The van der Waals surface area contributed by atoms with E-state index in [0.717, 1.165) is 44.5 Å². The number of rotatable bonds is 3. The quantitative estimate of drug-likeness (QED) is 0.476. The zero-order chi connectivity index (χ0) is 19.2. The summed E-state index contributed by atoms with van der Waals surface area (Å²) in [4.78, 5) is 21.3. The Bertz CT molecular complexity index is 1450. The van der Waals surface area contributed by atoms with Crippen LogP contribution in [0.25, 0.3) is 56.0 Å². The Hall–Kier alpha value is -4.33. The predicted octanol–water partition coefficient (Wildman–Crippen LogP) is 4.22. The molecule has 6 heterocycles. The summed E-state index contributed by atoms with van der Waals surface area (Å²) in [5.74, 6) is 0.628. The van der Waals surface area contributed by atoms with Crippen LogP contribution in [0.5, 0.6) is 0 Å². The minimum atomic E-state index is 0.628. The van der Waals surface area contributed by atoms with E-state index in [2.05, 4.69) is 25.1 Å². The molecular formula is C21H13N7O. The van der Waals surface area contributed by atoms with Crippen molar-refractivity contribution in [1.29, 1.82) is 0 Å². The van der Waals surface area contributed by atoms with E-state index in [9.17, 15) is 0 Å². The molecule has 0 aliphatic heterocycles. The molecule has 6 aromatic heterocycles. The number of nitrogens with one attached hydrogen (secondary N) is 2. The van der Waals surface area contributed by atoms with Crippen molar-refractivity contribution in [3.63, 3.8) is 0 Å².